The smallest absolute Gasteiger partial charge is 0.303 e. The van der Waals surface area contributed by atoms with Crippen molar-refractivity contribution in [1.29, 1.82) is 0 Å². The molecule has 0 aromatic rings. The molecule has 4 fully saturated rings. The average Bonchev–Trinajstić information content (AvgIpc) is 2.94. The minimum absolute atomic E-state index is 0.112. The zero-order valence-corrected chi connectivity index (χ0v) is 23.1. The highest BCUT2D eigenvalue weighted by atomic mass is 16.6. The van der Waals surface area contributed by atoms with Crippen LogP contribution in [0.25, 0.3) is 0 Å². The lowest BCUT2D eigenvalue weighted by atomic mass is 9.38. The fourth-order valence-electron chi connectivity index (χ4n) is 8.88. The highest BCUT2D eigenvalue weighted by Crippen LogP contribution is 2.72. The van der Waals surface area contributed by atoms with Crippen molar-refractivity contribution in [2.45, 2.75) is 98.2 Å². The topological polar surface area (TPSA) is 143 Å². The van der Waals surface area contributed by atoms with Gasteiger partial charge in [0.1, 0.15) is 18.3 Å². The maximum atomic E-state index is 14.2. The molecule has 4 aliphatic carbocycles. The number of fused-ring (bicyclic) bond motifs is 3. The van der Waals surface area contributed by atoms with Gasteiger partial charge in [0.15, 0.2) is 11.9 Å². The minimum atomic E-state index is -1.39. The maximum absolute atomic E-state index is 14.2. The molecule has 0 amide bonds. The van der Waals surface area contributed by atoms with Crippen LogP contribution in [0.3, 0.4) is 0 Å². The van der Waals surface area contributed by atoms with Gasteiger partial charge in [-0.3, -0.25) is 24.0 Å². The van der Waals surface area contributed by atoms with Crippen molar-refractivity contribution in [1.82, 2.24) is 0 Å². The van der Waals surface area contributed by atoms with Gasteiger partial charge >= 0.3 is 23.9 Å². The number of carbonyl (C=O) groups is 5. The van der Waals surface area contributed by atoms with E-state index in [1.54, 1.807) is 13.8 Å². The van der Waals surface area contributed by atoms with Crippen molar-refractivity contribution < 1.29 is 48.0 Å². The van der Waals surface area contributed by atoms with E-state index in [0.29, 0.717) is 12.0 Å². The van der Waals surface area contributed by atoms with Gasteiger partial charge < -0.3 is 24.1 Å². The van der Waals surface area contributed by atoms with E-state index in [4.69, 9.17) is 18.9 Å². The molecule has 1 N–H and O–H groups in total. The summed E-state index contributed by atoms with van der Waals surface area (Å²) in [6, 6.07) is 0. The lowest BCUT2D eigenvalue weighted by Gasteiger charge is -2.68. The standard InChI is InChI=1S/C28H38O10/c1-12-17-9-18(35-13(2)29)21-27(8)11-19(36-14(3)30)24(34)26(6,7)22(27)20(37-15(4)31)25(38-16(5)32)28(21,10-17)23(12)33/h17-22,24-25,34H,1,9-11H2,2-8H3. The van der Waals surface area contributed by atoms with Crippen LogP contribution in [-0.2, 0) is 42.9 Å². The molecule has 1 spiro atoms. The quantitative estimate of drug-likeness (QED) is 0.324. The first-order chi connectivity index (χ1) is 17.5. The van der Waals surface area contributed by atoms with Crippen molar-refractivity contribution >= 4 is 29.7 Å². The zero-order valence-electron chi connectivity index (χ0n) is 23.1. The summed E-state index contributed by atoms with van der Waals surface area (Å²) in [6.45, 7) is 14.5. The molecule has 0 aromatic carbocycles. The molecular weight excluding hydrogens is 496 g/mol. The first kappa shape index (κ1) is 28.3. The molecule has 10 heteroatoms. The van der Waals surface area contributed by atoms with Gasteiger partial charge in [0.2, 0.25) is 0 Å². The maximum Gasteiger partial charge on any atom is 0.303 e. The van der Waals surface area contributed by atoms with E-state index < -0.39 is 82.5 Å². The van der Waals surface area contributed by atoms with Crippen LogP contribution < -0.4 is 0 Å². The van der Waals surface area contributed by atoms with E-state index in [2.05, 4.69) is 6.58 Å². The van der Waals surface area contributed by atoms with Gasteiger partial charge in [0, 0.05) is 44.9 Å². The predicted molar refractivity (Wildman–Crippen MR) is 131 cm³/mol. The van der Waals surface area contributed by atoms with E-state index in [9.17, 15) is 29.1 Å². The second-order valence-corrected chi connectivity index (χ2v) is 12.4. The Kier molecular flexibility index (Phi) is 6.82. The summed E-state index contributed by atoms with van der Waals surface area (Å²) in [6.07, 6.45) is -4.39. The highest BCUT2D eigenvalue weighted by molar-refractivity contribution is 6.04. The summed E-state index contributed by atoms with van der Waals surface area (Å²) in [4.78, 5) is 63.5. The van der Waals surface area contributed by atoms with Gasteiger partial charge in [0.25, 0.3) is 0 Å². The molecule has 0 aliphatic heterocycles. The Morgan fingerprint density at radius 3 is 1.87 bits per heavy atom. The van der Waals surface area contributed by atoms with Gasteiger partial charge in [0.05, 0.1) is 11.5 Å². The molecule has 4 rings (SSSR count). The molecule has 0 aromatic heterocycles. The van der Waals surface area contributed by atoms with E-state index in [1.165, 1.54) is 27.7 Å². The first-order valence-electron chi connectivity index (χ1n) is 13.1. The second kappa shape index (κ2) is 9.17. The Bertz CT molecular complexity index is 1090. The molecule has 4 saturated carbocycles. The van der Waals surface area contributed by atoms with Crippen LogP contribution >= 0.6 is 0 Å². The zero-order chi connectivity index (χ0) is 28.5. The number of esters is 4. The Hall–Kier alpha value is -2.75. The Morgan fingerprint density at radius 2 is 1.34 bits per heavy atom. The largest absolute Gasteiger partial charge is 0.462 e. The SMILES string of the molecule is C=C1C(=O)C23CC1CC(OC(C)=O)C2C1(C)CC(OC(C)=O)C(O)C(C)(C)C1C(OC(C)=O)C3OC(C)=O. The summed E-state index contributed by atoms with van der Waals surface area (Å²) >= 11 is 0. The highest BCUT2D eigenvalue weighted by Gasteiger charge is 2.79. The molecule has 0 radical (unpaired) electrons. The molecule has 10 atom stereocenters. The van der Waals surface area contributed by atoms with Crippen molar-refractivity contribution in [3.63, 3.8) is 0 Å². The Balaban J connectivity index is 2.04. The van der Waals surface area contributed by atoms with Crippen LogP contribution in [0.4, 0.5) is 0 Å². The fourth-order valence-corrected chi connectivity index (χ4v) is 8.88. The molecule has 4 aliphatic rings. The molecule has 10 unspecified atom stereocenters. The fraction of sp³-hybridized carbons (Fsp3) is 0.750. The van der Waals surface area contributed by atoms with Crippen molar-refractivity contribution in [3.8, 4) is 0 Å². The van der Waals surface area contributed by atoms with Crippen molar-refractivity contribution in [2.24, 2.45) is 34.0 Å². The van der Waals surface area contributed by atoms with Crippen LogP contribution in [0.1, 0.15) is 67.7 Å². The summed E-state index contributed by atoms with van der Waals surface area (Å²) in [5.41, 5.74) is -3.05. The monoisotopic (exact) mass is 534 g/mol. The summed E-state index contributed by atoms with van der Waals surface area (Å²) in [5, 5.41) is 11.5. The number of carbonyl (C=O) groups excluding carboxylic acids is 5. The molecular formula is C28H38O10. The van der Waals surface area contributed by atoms with Gasteiger partial charge in [-0.2, -0.15) is 0 Å². The van der Waals surface area contributed by atoms with Crippen LogP contribution in [0.2, 0.25) is 0 Å². The summed E-state index contributed by atoms with van der Waals surface area (Å²) < 4.78 is 23.3. The number of hydrogen-bond acceptors (Lipinski definition) is 10. The predicted octanol–water partition coefficient (Wildman–Crippen LogP) is 2.29. The van der Waals surface area contributed by atoms with Gasteiger partial charge in [-0.25, -0.2) is 0 Å². The van der Waals surface area contributed by atoms with Crippen LogP contribution in [0.5, 0.6) is 0 Å². The molecule has 10 nitrogen and oxygen atoms in total. The average molecular weight is 535 g/mol. The van der Waals surface area contributed by atoms with E-state index in [1.807, 2.05) is 6.92 Å². The number of ether oxygens (including phenoxy) is 4. The number of aliphatic hydroxyl groups excluding tert-OH is 1. The third-order valence-corrected chi connectivity index (χ3v) is 9.58. The molecule has 210 valence electrons. The summed E-state index contributed by atoms with van der Waals surface area (Å²) in [5.74, 6) is -4.38. The number of Topliss-reactive ketones (excluding diaryl/α,β-unsaturated/α-hetero) is 1. The molecule has 38 heavy (non-hydrogen) atoms. The van der Waals surface area contributed by atoms with Crippen LogP contribution in [-0.4, -0.2) is 65.3 Å². The van der Waals surface area contributed by atoms with Gasteiger partial charge in [-0.15, -0.1) is 0 Å². The molecule has 2 bridgehead atoms. The van der Waals surface area contributed by atoms with E-state index in [0.717, 1.165) is 0 Å². The first-order valence-corrected chi connectivity index (χ1v) is 13.1. The Morgan fingerprint density at radius 1 is 0.816 bits per heavy atom. The summed E-state index contributed by atoms with van der Waals surface area (Å²) in [7, 11) is 0. The molecule has 0 heterocycles. The third kappa shape index (κ3) is 3.98. The number of aliphatic hydroxyl groups is 1. The number of allylic oxidation sites excluding steroid dienone is 1. The van der Waals surface area contributed by atoms with Gasteiger partial charge in [-0.05, 0) is 36.2 Å². The number of rotatable bonds is 4. The second-order valence-electron chi connectivity index (χ2n) is 12.4. The van der Waals surface area contributed by atoms with Crippen molar-refractivity contribution in [3.05, 3.63) is 12.2 Å². The van der Waals surface area contributed by atoms with Crippen molar-refractivity contribution in [2.75, 3.05) is 0 Å². The van der Waals surface area contributed by atoms with Crippen LogP contribution in [0.15, 0.2) is 12.2 Å². The van der Waals surface area contributed by atoms with Gasteiger partial charge in [-0.1, -0.05) is 27.4 Å². The third-order valence-electron chi connectivity index (χ3n) is 9.58. The number of ketones is 1. The normalized spacial score (nSPS) is 42.8. The molecule has 0 saturated heterocycles. The minimum Gasteiger partial charge on any atom is -0.462 e. The van der Waals surface area contributed by atoms with E-state index >= 15 is 0 Å². The van der Waals surface area contributed by atoms with Crippen LogP contribution in [0, 0.1) is 34.0 Å². The number of hydrogen-bond donors (Lipinski definition) is 1. The lowest BCUT2D eigenvalue weighted by molar-refractivity contribution is -0.299. The lowest BCUT2D eigenvalue weighted by Crippen LogP contribution is -2.75. The Labute approximate surface area is 222 Å². The van der Waals surface area contributed by atoms with E-state index in [-0.39, 0.29) is 24.5 Å².